The highest BCUT2D eigenvalue weighted by molar-refractivity contribution is 7.90. The van der Waals surface area contributed by atoms with Crippen LogP contribution in [0.1, 0.15) is 32.3 Å². The van der Waals surface area contributed by atoms with Gasteiger partial charge in [0.15, 0.2) is 0 Å². The lowest BCUT2D eigenvalue weighted by molar-refractivity contribution is 0.205. The zero-order chi connectivity index (χ0) is 25.2. The standard InChI is InChI=1S/C25H34N4O4S2/c1-20(2)25-28(17-18-29(25)35(32,33)23-9-5-4-6-10-23)24(19-27-15-7-8-16-27)26-34(30,31)22-13-11-21(3)12-14-22/h4-6,9-14,20,25H,7-8,15-19H2,1-3H3/t25-/m0/s1. The van der Waals surface area contributed by atoms with Crippen molar-refractivity contribution < 1.29 is 16.8 Å². The highest BCUT2D eigenvalue weighted by Gasteiger charge is 2.43. The van der Waals surface area contributed by atoms with Crippen LogP contribution < -0.4 is 0 Å². The molecule has 2 saturated heterocycles. The number of benzene rings is 2. The van der Waals surface area contributed by atoms with Crippen molar-refractivity contribution >= 4 is 25.9 Å². The summed E-state index contributed by atoms with van der Waals surface area (Å²) in [5.41, 5.74) is 0.964. The summed E-state index contributed by atoms with van der Waals surface area (Å²) >= 11 is 0. The topological polar surface area (TPSA) is 90.4 Å². The molecule has 0 aromatic heterocycles. The first-order valence-corrected chi connectivity index (χ1v) is 14.9. The fourth-order valence-corrected chi connectivity index (χ4v) is 7.57. The lowest BCUT2D eigenvalue weighted by atomic mass is 10.1. The van der Waals surface area contributed by atoms with Crippen LogP contribution in [0.4, 0.5) is 0 Å². The van der Waals surface area contributed by atoms with Crippen LogP contribution in [0.25, 0.3) is 0 Å². The van der Waals surface area contributed by atoms with Gasteiger partial charge in [0.05, 0.1) is 22.5 Å². The number of nitrogens with zero attached hydrogens (tertiary/aromatic N) is 4. The van der Waals surface area contributed by atoms with Gasteiger partial charge in [0.1, 0.15) is 5.84 Å². The van der Waals surface area contributed by atoms with Gasteiger partial charge in [-0.25, -0.2) is 8.42 Å². The first-order valence-electron chi connectivity index (χ1n) is 12.1. The minimum absolute atomic E-state index is 0.0816. The van der Waals surface area contributed by atoms with Crippen LogP contribution in [0, 0.1) is 12.8 Å². The number of aryl methyl sites for hydroxylation is 1. The maximum absolute atomic E-state index is 13.5. The average molecular weight is 519 g/mol. The minimum atomic E-state index is -3.96. The zero-order valence-electron chi connectivity index (χ0n) is 20.5. The molecule has 190 valence electrons. The molecule has 2 aliphatic heterocycles. The molecule has 2 heterocycles. The third-order valence-corrected chi connectivity index (χ3v) is 9.76. The second-order valence-electron chi connectivity index (χ2n) is 9.56. The van der Waals surface area contributed by atoms with E-state index in [4.69, 9.17) is 0 Å². The van der Waals surface area contributed by atoms with E-state index in [1.54, 1.807) is 54.6 Å². The van der Waals surface area contributed by atoms with Crippen molar-refractivity contribution in [3.63, 3.8) is 0 Å². The number of amidine groups is 1. The van der Waals surface area contributed by atoms with Crippen LogP contribution in [0.2, 0.25) is 0 Å². The van der Waals surface area contributed by atoms with Crippen molar-refractivity contribution in [1.82, 2.24) is 14.1 Å². The quantitative estimate of drug-likeness (QED) is 0.413. The molecule has 4 rings (SSSR count). The summed E-state index contributed by atoms with van der Waals surface area (Å²) < 4.78 is 59.5. The highest BCUT2D eigenvalue weighted by Crippen LogP contribution is 2.30. The van der Waals surface area contributed by atoms with Crippen LogP contribution in [0.3, 0.4) is 0 Å². The van der Waals surface area contributed by atoms with Gasteiger partial charge in [0, 0.05) is 13.1 Å². The molecule has 0 spiro atoms. The second-order valence-corrected chi connectivity index (χ2v) is 13.1. The molecule has 0 aliphatic carbocycles. The molecule has 0 radical (unpaired) electrons. The Morgan fingerprint density at radius 2 is 1.51 bits per heavy atom. The largest absolute Gasteiger partial charge is 0.340 e. The van der Waals surface area contributed by atoms with Gasteiger partial charge < -0.3 is 4.90 Å². The lowest BCUT2D eigenvalue weighted by Crippen LogP contribution is -2.50. The predicted molar refractivity (Wildman–Crippen MR) is 137 cm³/mol. The Kier molecular flexibility index (Phi) is 7.65. The van der Waals surface area contributed by atoms with E-state index in [-0.39, 0.29) is 22.3 Å². The van der Waals surface area contributed by atoms with E-state index in [2.05, 4.69) is 9.30 Å². The predicted octanol–water partition coefficient (Wildman–Crippen LogP) is 3.17. The molecule has 0 saturated carbocycles. The van der Waals surface area contributed by atoms with Crippen LogP contribution in [-0.2, 0) is 20.0 Å². The Balaban J connectivity index is 1.73. The normalized spacial score (nSPS) is 20.7. The zero-order valence-corrected chi connectivity index (χ0v) is 22.2. The van der Waals surface area contributed by atoms with Crippen LogP contribution in [0.5, 0.6) is 0 Å². The molecule has 2 aromatic rings. The van der Waals surface area contributed by atoms with Gasteiger partial charge in [-0.05, 0) is 63.0 Å². The monoisotopic (exact) mass is 518 g/mol. The highest BCUT2D eigenvalue weighted by atomic mass is 32.2. The average Bonchev–Trinajstić information content (AvgIpc) is 3.50. The molecule has 35 heavy (non-hydrogen) atoms. The Morgan fingerprint density at radius 1 is 0.886 bits per heavy atom. The summed E-state index contributed by atoms with van der Waals surface area (Å²) in [5, 5.41) is 0. The van der Waals surface area contributed by atoms with Crippen LogP contribution in [-0.4, -0.2) is 75.7 Å². The Bertz CT molecular complexity index is 1250. The van der Waals surface area contributed by atoms with E-state index in [0.29, 0.717) is 18.9 Å². The fraction of sp³-hybridized carbons (Fsp3) is 0.480. The van der Waals surface area contributed by atoms with Gasteiger partial charge in [-0.15, -0.1) is 4.40 Å². The van der Waals surface area contributed by atoms with Crippen molar-refractivity contribution in [3.05, 3.63) is 60.2 Å². The van der Waals surface area contributed by atoms with Gasteiger partial charge in [-0.1, -0.05) is 49.7 Å². The summed E-state index contributed by atoms with van der Waals surface area (Å²) in [6.07, 6.45) is 1.58. The minimum Gasteiger partial charge on any atom is -0.340 e. The molecule has 0 bridgehead atoms. The molecule has 2 aliphatic rings. The van der Waals surface area contributed by atoms with E-state index in [0.717, 1.165) is 31.5 Å². The Labute approximate surface area is 209 Å². The van der Waals surface area contributed by atoms with Gasteiger partial charge in [0.2, 0.25) is 10.0 Å². The molecule has 1 atom stereocenters. The summed E-state index contributed by atoms with van der Waals surface area (Å²) in [5.74, 6) is 0.318. The molecule has 2 fully saturated rings. The molecule has 0 N–H and O–H groups in total. The molecule has 0 unspecified atom stereocenters. The Hall–Kier alpha value is -2.27. The fourth-order valence-electron chi connectivity index (χ4n) is 4.81. The number of likely N-dealkylation sites (tertiary alicyclic amines) is 1. The summed E-state index contributed by atoms with van der Waals surface area (Å²) in [4.78, 5) is 4.44. The van der Waals surface area contributed by atoms with Crippen molar-refractivity contribution in [2.75, 3.05) is 32.7 Å². The maximum Gasteiger partial charge on any atom is 0.283 e. The van der Waals surface area contributed by atoms with Crippen molar-refractivity contribution in [3.8, 4) is 0 Å². The van der Waals surface area contributed by atoms with Crippen molar-refractivity contribution in [2.24, 2.45) is 10.3 Å². The van der Waals surface area contributed by atoms with E-state index in [1.807, 2.05) is 25.7 Å². The van der Waals surface area contributed by atoms with Gasteiger partial charge >= 0.3 is 0 Å². The molecule has 8 nitrogen and oxygen atoms in total. The molecule has 2 aromatic carbocycles. The van der Waals surface area contributed by atoms with Crippen LogP contribution in [0.15, 0.2) is 68.8 Å². The Morgan fingerprint density at radius 3 is 2.11 bits per heavy atom. The number of rotatable bonds is 7. The number of hydrogen-bond acceptors (Lipinski definition) is 5. The first-order chi connectivity index (χ1) is 16.6. The second kappa shape index (κ2) is 10.4. The van der Waals surface area contributed by atoms with E-state index < -0.39 is 26.2 Å². The van der Waals surface area contributed by atoms with Crippen molar-refractivity contribution in [1.29, 1.82) is 0 Å². The molecular weight excluding hydrogens is 484 g/mol. The first kappa shape index (κ1) is 25.8. The van der Waals surface area contributed by atoms with E-state index in [9.17, 15) is 16.8 Å². The van der Waals surface area contributed by atoms with E-state index in [1.165, 1.54) is 4.31 Å². The van der Waals surface area contributed by atoms with E-state index >= 15 is 0 Å². The summed E-state index contributed by atoms with van der Waals surface area (Å²) in [7, 11) is -7.71. The van der Waals surface area contributed by atoms with Crippen LogP contribution >= 0.6 is 0 Å². The lowest BCUT2D eigenvalue weighted by Gasteiger charge is -2.35. The summed E-state index contributed by atoms with van der Waals surface area (Å²) in [6, 6.07) is 15.0. The molecule has 10 heteroatoms. The number of sulfonamides is 2. The summed E-state index contributed by atoms with van der Waals surface area (Å²) in [6.45, 7) is 8.57. The smallest absolute Gasteiger partial charge is 0.283 e. The van der Waals surface area contributed by atoms with Gasteiger partial charge in [-0.3, -0.25) is 4.90 Å². The molecular formula is C25H34N4O4S2. The molecule has 0 amide bonds. The SMILES string of the molecule is Cc1ccc(S(=O)(=O)N=C(CN2CCCC2)N2CCN(S(=O)(=O)c3ccccc3)[C@H]2C(C)C)cc1. The van der Waals surface area contributed by atoms with Crippen molar-refractivity contribution in [2.45, 2.75) is 49.6 Å². The van der Waals surface area contributed by atoms with Gasteiger partial charge in [-0.2, -0.15) is 12.7 Å². The third-order valence-electron chi connectivity index (χ3n) is 6.56. The van der Waals surface area contributed by atoms with Gasteiger partial charge in [0.25, 0.3) is 10.0 Å². The third kappa shape index (κ3) is 5.61. The maximum atomic E-state index is 13.5. The number of hydrogen-bond donors (Lipinski definition) is 0.